The summed E-state index contributed by atoms with van der Waals surface area (Å²) >= 11 is 0. The molecule has 0 fully saturated rings. The van der Waals surface area contributed by atoms with Crippen LogP contribution in [0.1, 0.15) is 11.1 Å². The van der Waals surface area contributed by atoms with Gasteiger partial charge in [0, 0.05) is 43.9 Å². The number of aromatic nitrogens is 2. The number of hydrogen-bond donors (Lipinski definition) is 0. The van der Waals surface area contributed by atoms with Gasteiger partial charge in [-0.05, 0) is 96.7 Å². The van der Waals surface area contributed by atoms with E-state index >= 15 is 0 Å². The maximum Gasteiger partial charge on any atom is 0.381 e. The van der Waals surface area contributed by atoms with Crippen molar-refractivity contribution in [2.24, 2.45) is 0 Å². The second-order valence-corrected chi connectivity index (χ2v) is 14.6. The minimum absolute atomic E-state index is 0. The molecule has 2 nitrogen and oxygen atoms in total. The van der Waals surface area contributed by atoms with Gasteiger partial charge in [-0.2, -0.15) is 13.2 Å². The van der Waals surface area contributed by atoms with Crippen LogP contribution >= 0.6 is 0 Å². The molecule has 1 radical (unpaired) electrons. The number of alkyl halides is 3. The molecule has 61 heavy (non-hydrogen) atoms. The van der Waals surface area contributed by atoms with Crippen LogP contribution in [-0.4, -0.2) is 9.97 Å². The number of rotatable bonds is 8. The smallest absolute Gasteiger partial charge is 0.304 e. The molecule has 7 aromatic carbocycles. The Morgan fingerprint density at radius 3 is 1.57 bits per heavy atom. The van der Waals surface area contributed by atoms with E-state index in [1.165, 1.54) is 18.2 Å². The van der Waals surface area contributed by atoms with E-state index in [2.05, 4.69) is 103 Å². The van der Waals surface area contributed by atoms with Crippen molar-refractivity contribution in [3.8, 4) is 89.3 Å². The first kappa shape index (κ1) is 41.0. The molecule has 2 heterocycles. The van der Waals surface area contributed by atoms with Crippen molar-refractivity contribution < 1.29 is 37.7 Å². The molecule has 0 unspecified atom stereocenters. The summed E-state index contributed by atoms with van der Waals surface area (Å²) in [6.45, 7) is 2.09. The second-order valence-electron chi connectivity index (χ2n) is 14.6. The van der Waals surface area contributed by atoms with Crippen LogP contribution in [0.5, 0.6) is 0 Å². The van der Waals surface area contributed by atoms with Gasteiger partial charge >= 0.3 is 6.18 Å². The van der Waals surface area contributed by atoms with Crippen molar-refractivity contribution in [2.75, 3.05) is 0 Å². The molecule has 0 aliphatic rings. The Morgan fingerprint density at radius 1 is 0.426 bits per heavy atom. The molecule has 0 saturated carbocycles. The fraction of sp³-hybridized carbons (Fsp3) is 0.0370. The number of aryl methyl sites for hydroxylation is 1. The predicted molar refractivity (Wildman–Crippen MR) is 233 cm³/mol. The molecule has 0 aliphatic heterocycles. The van der Waals surface area contributed by atoms with E-state index in [0.717, 1.165) is 84.5 Å². The quantitative estimate of drug-likeness (QED) is 0.112. The molecule has 9 aromatic rings. The summed E-state index contributed by atoms with van der Waals surface area (Å²) < 4.78 is 53.4. The van der Waals surface area contributed by atoms with E-state index in [4.69, 9.17) is 4.98 Å². The van der Waals surface area contributed by atoms with Crippen molar-refractivity contribution in [3.63, 3.8) is 0 Å². The Balaban J connectivity index is 0.00000514. The maximum atomic E-state index is 13.9. The molecular formula is C54H34F4IrN2-2. The van der Waals surface area contributed by atoms with Crippen LogP contribution in [0.25, 0.3) is 89.3 Å². The molecule has 0 spiro atoms. The summed E-state index contributed by atoms with van der Waals surface area (Å²) in [5, 5.41) is 0. The van der Waals surface area contributed by atoms with Gasteiger partial charge in [-0.25, -0.2) is 0 Å². The first-order chi connectivity index (χ1) is 29.2. The summed E-state index contributed by atoms with van der Waals surface area (Å²) in [5.41, 5.74) is 14.9. The monoisotopic (exact) mass is 979 g/mol. The van der Waals surface area contributed by atoms with Crippen LogP contribution in [0.3, 0.4) is 0 Å². The molecule has 7 heteroatoms. The first-order valence-electron chi connectivity index (χ1n) is 19.4. The molecule has 0 bridgehead atoms. The minimum atomic E-state index is -4.43. The average Bonchev–Trinajstić information content (AvgIpc) is 3.29. The fourth-order valence-corrected chi connectivity index (χ4v) is 7.62. The molecule has 0 N–H and O–H groups in total. The number of nitrogens with zero attached hydrogens (tertiary/aromatic N) is 2. The topological polar surface area (TPSA) is 25.8 Å². The maximum absolute atomic E-state index is 13.9. The van der Waals surface area contributed by atoms with Gasteiger partial charge in [0.05, 0.1) is 0 Å². The molecule has 9 rings (SSSR count). The van der Waals surface area contributed by atoms with Gasteiger partial charge in [0.1, 0.15) is 0 Å². The van der Waals surface area contributed by atoms with E-state index in [9.17, 15) is 17.6 Å². The number of pyridine rings is 2. The molecule has 0 amide bonds. The summed E-state index contributed by atoms with van der Waals surface area (Å²) in [7, 11) is 0. The van der Waals surface area contributed by atoms with Crippen molar-refractivity contribution in [3.05, 3.63) is 217 Å². The Bertz CT molecular complexity index is 2950. The number of benzene rings is 7. The van der Waals surface area contributed by atoms with E-state index in [1.54, 1.807) is 12.3 Å². The summed E-state index contributed by atoms with van der Waals surface area (Å²) in [5.74, 6) is -0.355. The second kappa shape index (κ2) is 17.4. The molecule has 0 saturated heterocycles. The van der Waals surface area contributed by atoms with Crippen molar-refractivity contribution in [1.29, 1.82) is 0 Å². The van der Waals surface area contributed by atoms with Crippen LogP contribution < -0.4 is 0 Å². The van der Waals surface area contributed by atoms with E-state index in [-0.39, 0.29) is 25.9 Å². The number of hydrogen-bond acceptors (Lipinski definition) is 2. The van der Waals surface area contributed by atoms with E-state index in [1.807, 2.05) is 66.9 Å². The SMILES string of the molecule is Cc1cc(-c2ccccc2-c2ccc(-c3[c-]cc(C(F)(F)F)cc3)nc2)cc(-c2ccccc2-c2cnc(-c3[c-]cc(F)cc3)cc2-c2ccc(-c3ccccc3)cc2)c1.[Ir]. The molecule has 299 valence electrons. The first-order valence-corrected chi connectivity index (χ1v) is 19.4. The van der Waals surface area contributed by atoms with Gasteiger partial charge in [0.2, 0.25) is 0 Å². The fourth-order valence-electron chi connectivity index (χ4n) is 7.62. The van der Waals surface area contributed by atoms with Gasteiger partial charge < -0.3 is 9.97 Å². The largest absolute Gasteiger partial charge is 0.381 e. The van der Waals surface area contributed by atoms with Gasteiger partial charge in [0.15, 0.2) is 0 Å². The Kier molecular flexibility index (Phi) is 11.7. The minimum Gasteiger partial charge on any atom is -0.304 e. The molecule has 0 atom stereocenters. The summed E-state index contributed by atoms with van der Waals surface area (Å²) in [4.78, 5) is 9.53. The standard InChI is InChI=1S/C54H34F4N2.Ir/c1-35-29-42(47-12-6-5-11-46(47)41-23-28-52(59-33-41)39-19-24-44(25-20-39)54(56,57)58)31-43(30-35)48-13-7-8-14-49(48)51-34-60-53(40-21-26-45(55)27-22-40)32-50(51)38-17-15-37(16-18-38)36-9-3-2-4-10-36;/h2-19,21,23-34H,1H3;/q-2;. The Morgan fingerprint density at radius 2 is 0.967 bits per heavy atom. The third-order valence-corrected chi connectivity index (χ3v) is 10.6. The summed E-state index contributed by atoms with van der Waals surface area (Å²) in [6.07, 6.45) is -0.780. The molecule has 0 aliphatic carbocycles. The zero-order chi connectivity index (χ0) is 41.2. The Hall–Kier alpha value is -6.79. The van der Waals surface area contributed by atoms with E-state index < -0.39 is 11.7 Å². The zero-order valence-corrected chi connectivity index (χ0v) is 35.0. The van der Waals surface area contributed by atoms with E-state index in [0.29, 0.717) is 22.5 Å². The van der Waals surface area contributed by atoms with Crippen molar-refractivity contribution in [1.82, 2.24) is 9.97 Å². The number of halogens is 4. The molecule has 2 aromatic heterocycles. The zero-order valence-electron chi connectivity index (χ0n) is 32.6. The van der Waals surface area contributed by atoms with Crippen LogP contribution in [0.2, 0.25) is 0 Å². The van der Waals surface area contributed by atoms with Crippen LogP contribution in [0, 0.1) is 24.9 Å². The van der Waals surface area contributed by atoms with Crippen LogP contribution in [-0.2, 0) is 26.3 Å². The Labute approximate surface area is 365 Å². The average molecular weight is 979 g/mol. The van der Waals surface area contributed by atoms with Gasteiger partial charge in [-0.1, -0.05) is 133 Å². The third-order valence-electron chi connectivity index (χ3n) is 10.6. The van der Waals surface area contributed by atoms with Gasteiger partial charge in [-0.3, -0.25) is 4.39 Å². The molecular weight excluding hydrogens is 945 g/mol. The normalized spacial score (nSPS) is 11.2. The predicted octanol–water partition coefficient (Wildman–Crippen LogP) is 14.9. The van der Waals surface area contributed by atoms with Crippen LogP contribution in [0.15, 0.2) is 188 Å². The third kappa shape index (κ3) is 8.76. The van der Waals surface area contributed by atoms with Gasteiger partial charge in [-0.15, -0.1) is 59.7 Å². The van der Waals surface area contributed by atoms with Gasteiger partial charge in [0.25, 0.3) is 0 Å². The van der Waals surface area contributed by atoms with Crippen molar-refractivity contribution >= 4 is 0 Å². The summed E-state index contributed by atoms with van der Waals surface area (Å²) in [6, 6.07) is 61.2. The van der Waals surface area contributed by atoms with Crippen molar-refractivity contribution in [2.45, 2.75) is 13.1 Å². The van der Waals surface area contributed by atoms with Crippen LogP contribution in [0.4, 0.5) is 17.6 Å².